The van der Waals surface area contributed by atoms with E-state index in [1.165, 1.54) is 60.8 Å². The second-order valence-electron chi connectivity index (χ2n) is 11.6. The Morgan fingerprint density at radius 1 is 0.528 bits per heavy atom. The molecule has 2 aliphatic rings. The Morgan fingerprint density at radius 2 is 1.11 bits per heavy atom. The van der Waals surface area contributed by atoms with Gasteiger partial charge in [0.2, 0.25) is 0 Å². The molecule has 36 heavy (non-hydrogen) atoms. The molecule has 0 saturated carbocycles. The molecule has 0 atom stereocenters. The number of hydrogen-bond acceptors (Lipinski definition) is 1. The van der Waals surface area contributed by atoms with Crippen molar-refractivity contribution < 1.29 is 0 Å². The van der Waals surface area contributed by atoms with E-state index in [0.29, 0.717) is 0 Å². The molecule has 176 valence electrons. The van der Waals surface area contributed by atoms with Crippen molar-refractivity contribution in [2.45, 2.75) is 45.4 Å². The third-order valence-electron chi connectivity index (χ3n) is 8.65. The van der Waals surface area contributed by atoms with Crippen LogP contribution >= 0.6 is 0 Å². The summed E-state index contributed by atoms with van der Waals surface area (Å²) in [6.07, 6.45) is 0. The van der Waals surface area contributed by atoms with Crippen LogP contribution in [0, 0.1) is 6.92 Å². The van der Waals surface area contributed by atoms with Crippen LogP contribution in [0.5, 0.6) is 0 Å². The fraction of sp³-hybridized carbons (Fsp3) is 0.200. The number of benzene rings is 5. The van der Waals surface area contributed by atoms with Gasteiger partial charge < -0.3 is 5.32 Å². The molecule has 0 radical (unpaired) electrons. The maximum atomic E-state index is 3.63. The van der Waals surface area contributed by atoms with Crippen LogP contribution in [0.1, 0.15) is 55.5 Å². The van der Waals surface area contributed by atoms with Gasteiger partial charge in [0.15, 0.2) is 0 Å². The number of nitrogens with one attached hydrogen (secondary N) is 1. The summed E-state index contributed by atoms with van der Waals surface area (Å²) in [5.74, 6) is 0. The molecule has 7 rings (SSSR count). The molecule has 1 heteroatoms. The van der Waals surface area contributed by atoms with Gasteiger partial charge in [0.1, 0.15) is 0 Å². The molecule has 0 unspecified atom stereocenters. The van der Waals surface area contributed by atoms with Crippen LogP contribution in [-0.4, -0.2) is 0 Å². The van der Waals surface area contributed by atoms with Gasteiger partial charge in [-0.3, -0.25) is 0 Å². The second kappa shape index (κ2) is 7.11. The van der Waals surface area contributed by atoms with Crippen molar-refractivity contribution in [3.05, 3.63) is 119 Å². The average molecular weight is 466 g/mol. The highest BCUT2D eigenvalue weighted by Crippen LogP contribution is 2.58. The van der Waals surface area contributed by atoms with Gasteiger partial charge in [-0.2, -0.15) is 0 Å². The van der Waals surface area contributed by atoms with Crippen molar-refractivity contribution in [2.24, 2.45) is 0 Å². The summed E-state index contributed by atoms with van der Waals surface area (Å²) >= 11 is 0. The minimum Gasteiger partial charge on any atom is -0.356 e. The smallest absolute Gasteiger partial charge is 0.0387 e. The summed E-state index contributed by atoms with van der Waals surface area (Å²) in [7, 11) is 0. The van der Waals surface area contributed by atoms with Crippen molar-refractivity contribution in [1.82, 2.24) is 0 Å². The van der Waals surface area contributed by atoms with Gasteiger partial charge in [0.25, 0.3) is 0 Å². The van der Waals surface area contributed by atoms with Crippen LogP contribution in [0.15, 0.2) is 91.0 Å². The van der Waals surface area contributed by atoms with E-state index in [0.717, 1.165) is 11.4 Å². The minimum absolute atomic E-state index is 0.0865. The fourth-order valence-corrected chi connectivity index (χ4v) is 6.88. The van der Waals surface area contributed by atoms with E-state index >= 15 is 0 Å². The summed E-state index contributed by atoms with van der Waals surface area (Å²) < 4.78 is 0. The Hall–Kier alpha value is -3.84. The van der Waals surface area contributed by atoms with E-state index in [-0.39, 0.29) is 10.8 Å². The molecule has 5 aromatic rings. The molecule has 0 amide bonds. The highest BCUT2D eigenvalue weighted by atomic mass is 14.9. The SMILES string of the molecule is Cc1ccc(Nc2ccc3c(c2)C(C)(C)c2c-3ccc3c2C(C)(C)c2cccc4cccc-3c24)cc1. The molecule has 0 aromatic heterocycles. The first-order chi connectivity index (χ1) is 17.3. The number of aryl methyl sites for hydroxylation is 1. The zero-order valence-electron chi connectivity index (χ0n) is 21.7. The van der Waals surface area contributed by atoms with Gasteiger partial charge in [-0.15, -0.1) is 0 Å². The van der Waals surface area contributed by atoms with Crippen molar-refractivity contribution in [3.8, 4) is 22.3 Å². The number of rotatable bonds is 2. The molecular formula is C35H31N. The Morgan fingerprint density at radius 3 is 1.83 bits per heavy atom. The highest BCUT2D eigenvalue weighted by Gasteiger charge is 2.44. The lowest BCUT2D eigenvalue weighted by atomic mass is 9.63. The Labute approximate surface area is 213 Å². The van der Waals surface area contributed by atoms with Crippen molar-refractivity contribution in [1.29, 1.82) is 0 Å². The van der Waals surface area contributed by atoms with Crippen molar-refractivity contribution in [2.75, 3.05) is 5.32 Å². The van der Waals surface area contributed by atoms with E-state index in [1.54, 1.807) is 0 Å². The zero-order chi connectivity index (χ0) is 24.8. The summed E-state index contributed by atoms with van der Waals surface area (Å²) in [5.41, 5.74) is 14.7. The van der Waals surface area contributed by atoms with Crippen LogP contribution < -0.4 is 5.32 Å². The molecule has 0 spiro atoms. The van der Waals surface area contributed by atoms with Crippen LogP contribution in [0.25, 0.3) is 33.0 Å². The van der Waals surface area contributed by atoms with Crippen molar-refractivity contribution in [3.63, 3.8) is 0 Å². The molecule has 5 aromatic carbocycles. The summed E-state index contributed by atoms with van der Waals surface area (Å²) in [5, 5.41) is 6.37. The molecule has 1 N–H and O–H groups in total. The highest BCUT2D eigenvalue weighted by molar-refractivity contribution is 6.04. The largest absolute Gasteiger partial charge is 0.356 e. The lowest BCUT2D eigenvalue weighted by Crippen LogP contribution is -2.29. The topological polar surface area (TPSA) is 12.0 Å². The standard InChI is InChI=1S/C35H31N/c1-21-12-14-23(15-13-21)36-24-16-17-25-27-18-19-28-26-10-6-8-22-9-7-11-29(31(22)26)34(2,3)33(28)32(27)35(4,5)30(25)20-24/h6-20,36H,1-5H3. The van der Waals surface area contributed by atoms with Gasteiger partial charge in [-0.1, -0.05) is 100.0 Å². The number of hydrogen-bond donors (Lipinski definition) is 1. The third-order valence-corrected chi connectivity index (χ3v) is 8.65. The first kappa shape index (κ1) is 21.4. The third kappa shape index (κ3) is 2.77. The molecule has 0 heterocycles. The van der Waals surface area contributed by atoms with Crippen molar-refractivity contribution >= 4 is 22.1 Å². The van der Waals surface area contributed by atoms with Gasteiger partial charge >= 0.3 is 0 Å². The van der Waals surface area contributed by atoms with Gasteiger partial charge in [-0.25, -0.2) is 0 Å². The van der Waals surface area contributed by atoms with E-state index in [9.17, 15) is 0 Å². The van der Waals surface area contributed by atoms with Gasteiger partial charge in [0, 0.05) is 22.2 Å². The monoisotopic (exact) mass is 465 g/mol. The predicted octanol–water partition coefficient (Wildman–Crippen LogP) is 9.50. The molecule has 1 nitrogen and oxygen atoms in total. The van der Waals surface area contributed by atoms with Crippen LogP contribution in [0.4, 0.5) is 11.4 Å². The number of anilines is 2. The zero-order valence-corrected chi connectivity index (χ0v) is 21.7. The quantitative estimate of drug-likeness (QED) is 0.274. The summed E-state index contributed by atoms with van der Waals surface area (Å²) in [4.78, 5) is 0. The fourth-order valence-electron chi connectivity index (χ4n) is 6.88. The van der Waals surface area contributed by atoms with E-state index < -0.39 is 0 Å². The van der Waals surface area contributed by atoms with E-state index in [1.807, 2.05) is 0 Å². The Bertz CT molecular complexity index is 1690. The molecule has 2 aliphatic carbocycles. The van der Waals surface area contributed by atoms with Crippen LogP contribution in [-0.2, 0) is 10.8 Å². The predicted molar refractivity (Wildman–Crippen MR) is 154 cm³/mol. The average Bonchev–Trinajstić information content (AvgIpc) is 3.10. The minimum atomic E-state index is -0.0988. The summed E-state index contributed by atoms with van der Waals surface area (Å²) in [6.45, 7) is 11.8. The van der Waals surface area contributed by atoms with E-state index in [4.69, 9.17) is 0 Å². The number of fused-ring (bicyclic) bond motifs is 6. The van der Waals surface area contributed by atoms with Gasteiger partial charge in [-0.05, 0) is 86.5 Å². The van der Waals surface area contributed by atoms with Crippen LogP contribution in [0.3, 0.4) is 0 Å². The second-order valence-corrected chi connectivity index (χ2v) is 11.6. The lowest BCUT2D eigenvalue weighted by Gasteiger charge is -2.39. The lowest BCUT2D eigenvalue weighted by molar-refractivity contribution is 0.591. The molecule has 0 saturated heterocycles. The maximum Gasteiger partial charge on any atom is 0.0387 e. The molecular weight excluding hydrogens is 434 g/mol. The maximum absolute atomic E-state index is 3.63. The van der Waals surface area contributed by atoms with Crippen LogP contribution in [0.2, 0.25) is 0 Å². The van der Waals surface area contributed by atoms with Gasteiger partial charge in [0.05, 0.1) is 0 Å². The first-order valence-electron chi connectivity index (χ1n) is 13.0. The first-order valence-corrected chi connectivity index (χ1v) is 13.0. The molecule has 0 bridgehead atoms. The summed E-state index contributed by atoms with van der Waals surface area (Å²) in [6, 6.07) is 33.9. The molecule has 0 aliphatic heterocycles. The van der Waals surface area contributed by atoms with E-state index in [2.05, 4.69) is 131 Å². The normalized spacial score (nSPS) is 15.8. The molecule has 0 fully saturated rings. The Balaban J connectivity index is 1.43. The Kier molecular flexibility index (Phi) is 4.23.